The highest BCUT2D eigenvalue weighted by Crippen LogP contribution is 2.46. The molecule has 3 heterocycles. The van der Waals surface area contributed by atoms with Crippen LogP contribution in [0.25, 0.3) is 93.3 Å². The maximum absolute atomic E-state index is 6.88. The van der Waals surface area contributed by atoms with Crippen LogP contribution >= 0.6 is 0 Å². The van der Waals surface area contributed by atoms with Gasteiger partial charge in [-0.1, -0.05) is 115 Å². The first kappa shape index (κ1) is 30.9. The van der Waals surface area contributed by atoms with Crippen LogP contribution < -0.4 is 4.90 Å². The Morgan fingerprint density at radius 3 is 1.80 bits per heavy atom. The minimum atomic E-state index is 0.848. The summed E-state index contributed by atoms with van der Waals surface area (Å²) < 4.78 is 15.5. The molecule has 9 aromatic carbocycles. The Morgan fingerprint density at radius 1 is 0.339 bits per heavy atom. The van der Waals surface area contributed by atoms with Gasteiger partial charge >= 0.3 is 0 Å². The molecule has 0 bridgehead atoms. The quantitative estimate of drug-likeness (QED) is 0.178. The summed E-state index contributed by atoms with van der Waals surface area (Å²) in [5, 5.41) is 9.19. The third-order valence-electron chi connectivity index (χ3n) is 11.4. The fraction of sp³-hybridized carbons (Fsp3) is 0. The number of furan rings is 2. The standard InChI is InChI=1S/C52H32N2O2/c1-3-13-35(14-4-1)53(37-25-28-49-44(31-37)41-19-10-12-22-48(41)55-49)47-32-51-52(42-20-8-7-18-39(42)47)43-27-24-34(30-50(43)56-51)33-23-26-40-38-17-9-11-21-45(38)54(46(40)29-33)36-15-5-2-6-16-36/h1-32H. The van der Waals surface area contributed by atoms with E-state index in [1.165, 1.54) is 21.8 Å². The van der Waals surface area contributed by atoms with E-state index in [1.807, 2.05) is 12.1 Å². The monoisotopic (exact) mass is 716 g/mol. The molecular weight excluding hydrogens is 685 g/mol. The Bertz CT molecular complexity index is 3480. The number of nitrogens with zero attached hydrogens (tertiary/aromatic N) is 2. The number of anilines is 3. The molecule has 0 aliphatic heterocycles. The van der Waals surface area contributed by atoms with E-state index < -0.39 is 0 Å². The molecule has 0 spiro atoms. The van der Waals surface area contributed by atoms with E-state index in [-0.39, 0.29) is 0 Å². The second kappa shape index (κ2) is 12.0. The Labute approximate surface area is 321 Å². The molecule has 0 amide bonds. The number of aromatic nitrogens is 1. The molecule has 0 unspecified atom stereocenters. The van der Waals surface area contributed by atoms with Crippen molar-refractivity contribution in [2.24, 2.45) is 0 Å². The van der Waals surface area contributed by atoms with Crippen molar-refractivity contribution in [2.45, 2.75) is 0 Å². The average Bonchev–Trinajstić information content (AvgIpc) is 3.93. The van der Waals surface area contributed by atoms with Crippen molar-refractivity contribution in [1.29, 1.82) is 0 Å². The predicted molar refractivity (Wildman–Crippen MR) is 233 cm³/mol. The summed E-state index contributed by atoms with van der Waals surface area (Å²) in [4.78, 5) is 2.34. The molecule has 0 N–H and O–H groups in total. The van der Waals surface area contributed by atoms with Crippen LogP contribution in [-0.4, -0.2) is 4.57 Å². The van der Waals surface area contributed by atoms with Gasteiger partial charge in [-0.25, -0.2) is 0 Å². The SMILES string of the molecule is c1ccc(N(c2ccc3oc4ccccc4c3c2)c2cc3oc4cc(-c5ccc6c7ccccc7n(-c7ccccc7)c6c5)ccc4c3c3ccccc23)cc1. The zero-order valence-electron chi connectivity index (χ0n) is 30.2. The summed E-state index contributed by atoms with van der Waals surface area (Å²) in [6.07, 6.45) is 0. The van der Waals surface area contributed by atoms with Gasteiger partial charge in [-0.05, 0) is 89.3 Å². The fourth-order valence-corrected chi connectivity index (χ4v) is 8.85. The van der Waals surface area contributed by atoms with E-state index in [0.717, 1.165) is 88.5 Å². The van der Waals surface area contributed by atoms with Gasteiger partial charge in [0.25, 0.3) is 0 Å². The minimum absolute atomic E-state index is 0.848. The molecule has 0 aliphatic rings. The third-order valence-corrected chi connectivity index (χ3v) is 11.4. The summed E-state index contributed by atoms with van der Waals surface area (Å²) in [6, 6.07) is 68.9. The Kier molecular flexibility index (Phi) is 6.60. The van der Waals surface area contributed by atoms with Crippen molar-refractivity contribution < 1.29 is 8.83 Å². The van der Waals surface area contributed by atoms with Crippen LogP contribution in [0.3, 0.4) is 0 Å². The zero-order valence-corrected chi connectivity index (χ0v) is 30.2. The smallest absolute Gasteiger partial charge is 0.138 e. The first-order chi connectivity index (χ1) is 27.8. The molecule has 0 radical (unpaired) electrons. The summed E-state index contributed by atoms with van der Waals surface area (Å²) in [6.45, 7) is 0. The summed E-state index contributed by atoms with van der Waals surface area (Å²) in [7, 11) is 0. The van der Waals surface area contributed by atoms with E-state index in [9.17, 15) is 0 Å². The van der Waals surface area contributed by atoms with Gasteiger partial charge in [-0.2, -0.15) is 0 Å². The lowest BCUT2D eigenvalue weighted by molar-refractivity contribution is 0.668. The van der Waals surface area contributed by atoms with Crippen molar-refractivity contribution in [3.8, 4) is 16.8 Å². The van der Waals surface area contributed by atoms with Gasteiger partial charge in [-0.15, -0.1) is 0 Å². The average molecular weight is 717 g/mol. The number of fused-ring (bicyclic) bond motifs is 11. The van der Waals surface area contributed by atoms with Crippen molar-refractivity contribution in [3.63, 3.8) is 0 Å². The van der Waals surface area contributed by atoms with Crippen LogP contribution in [0.1, 0.15) is 0 Å². The minimum Gasteiger partial charge on any atom is -0.456 e. The molecule has 0 saturated carbocycles. The molecule has 12 aromatic rings. The maximum Gasteiger partial charge on any atom is 0.138 e. The molecule has 4 heteroatoms. The van der Waals surface area contributed by atoms with E-state index in [1.54, 1.807) is 0 Å². The lowest BCUT2D eigenvalue weighted by Gasteiger charge is -2.27. The largest absolute Gasteiger partial charge is 0.456 e. The highest BCUT2D eigenvalue weighted by molar-refractivity contribution is 6.23. The molecule has 0 atom stereocenters. The molecule has 0 fully saturated rings. The summed E-state index contributed by atoms with van der Waals surface area (Å²) in [5.41, 5.74) is 12.4. The summed E-state index contributed by atoms with van der Waals surface area (Å²) in [5.74, 6) is 0. The highest BCUT2D eigenvalue weighted by atomic mass is 16.3. The topological polar surface area (TPSA) is 34.5 Å². The first-order valence-electron chi connectivity index (χ1n) is 19.0. The second-order valence-corrected chi connectivity index (χ2v) is 14.5. The van der Waals surface area contributed by atoms with Gasteiger partial charge in [0.15, 0.2) is 0 Å². The summed E-state index contributed by atoms with van der Waals surface area (Å²) >= 11 is 0. The normalized spacial score (nSPS) is 11.9. The number of rotatable bonds is 5. The molecule has 262 valence electrons. The van der Waals surface area contributed by atoms with Gasteiger partial charge in [-0.3, -0.25) is 0 Å². The molecule has 12 rings (SSSR count). The van der Waals surface area contributed by atoms with E-state index >= 15 is 0 Å². The number of para-hydroxylation sites is 4. The maximum atomic E-state index is 6.88. The number of benzene rings is 9. The Hall–Kier alpha value is -7.56. The van der Waals surface area contributed by atoms with Gasteiger partial charge in [0.05, 0.1) is 16.7 Å². The zero-order chi connectivity index (χ0) is 36.7. The van der Waals surface area contributed by atoms with Crippen LogP contribution in [0, 0.1) is 0 Å². The van der Waals surface area contributed by atoms with Crippen LogP contribution in [0.15, 0.2) is 203 Å². The van der Waals surface area contributed by atoms with Crippen LogP contribution in [0.5, 0.6) is 0 Å². The Morgan fingerprint density at radius 2 is 0.964 bits per heavy atom. The van der Waals surface area contributed by atoms with Gasteiger partial charge in [0.1, 0.15) is 22.3 Å². The van der Waals surface area contributed by atoms with Crippen LogP contribution in [0.2, 0.25) is 0 Å². The van der Waals surface area contributed by atoms with Crippen LogP contribution in [0.4, 0.5) is 17.1 Å². The molecule has 0 aliphatic carbocycles. The first-order valence-corrected chi connectivity index (χ1v) is 19.0. The lowest BCUT2D eigenvalue weighted by Crippen LogP contribution is -2.10. The van der Waals surface area contributed by atoms with E-state index in [0.29, 0.717) is 0 Å². The van der Waals surface area contributed by atoms with Crippen molar-refractivity contribution in [2.75, 3.05) is 4.90 Å². The highest BCUT2D eigenvalue weighted by Gasteiger charge is 2.22. The molecular formula is C52H32N2O2. The van der Waals surface area contributed by atoms with Gasteiger partial charge in [0.2, 0.25) is 0 Å². The van der Waals surface area contributed by atoms with Crippen molar-refractivity contribution >= 4 is 93.5 Å². The van der Waals surface area contributed by atoms with E-state index in [4.69, 9.17) is 8.83 Å². The Balaban J connectivity index is 1.05. The second-order valence-electron chi connectivity index (χ2n) is 14.5. The molecule has 0 saturated heterocycles. The van der Waals surface area contributed by atoms with Crippen LogP contribution in [-0.2, 0) is 0 Å². The van der Waals surface area contributed by atoms with Gasteiger partial charge < -0.3 is 18.3 Å². The van der Waals surface area contributed by atoms with E-state index in [2.05, 4.69) is 191 Å². The molecule has 56 heavy (non-hydrogen) atoms. The third kappa shape index (κ3) is 4.60. The lowest BCUT2D eigenvalue weighted by atomic mass is 9.98. The van der Waals surface area contributed by atoms with Crippen molar-refractivity contribution in [1.82, 2.24) is 4.57 Å². The predicted octanol–water partition coefficient (Wildman–Crippen LogP) is 14.9. The van der Waals surface area contributed by atoms with Gasteiger partial charge in [0, 0.05) is 60.8 Å². The number of hydrogen-bond acceptors (Lipinski definition) is 3. The molecule has 4 nitrogen and oxygen atoms in total. The fourth-order valence-electron chi connectivity index (χ4n) is 8.85. The van der Waals surface area contributed by atoms with Crippen molar-refractivity contribution in [3.05, 3.63) is 194 Å². The number of hydrogen-bond donors (Lipinski definition) is 0. The molecule has 3 aromatic heterocycles.